The standard InChI is InChI=1S/C7H14O/c1-3-5-7(4-2)6-8/h6-7H,3-5H2,1-2H3/t7-/m1/s1. The van der Waals surface area contributed by atoms with Gasteiger partial charge in [-0.1, -0.05) is 20.3 Å². The monoisotopic (exact) mass is 114 g/mol. The Labute approximate surface area is 51.1 Å². The van der Waals surface area contributed by atoms with E-state index >= 15 is 0 Å². The van der Waals surface area contributed by atoms with E-state index in [1.54, 1.807) is 0 Å². The largest absolute Gasteiger partial charge is 0.303 e. The molecule has 1 nitrogen and oxygen atoms in total. The van der Waals surface area contributed by atoms with Crippen molar-refractivity contribution in [2.75, 3.05) is 0 Å². The van der Waals surface area contributed by atoms with Gasteiger partial charge < -0.3 is 4.79 Å². The highest BCUT2D eigenvalue weighted by molar-refractivity contribution is 5.53. The van der Waals surface area contributed by atoms with Crippen LogP contribution in [-0.4, -0.2) is 6.29 Å². The molecule has 0 unspecified atom stereocenters. The summed E-state index contributed by atoms with van der Waals surface area (Å²) >= 11 is 0. The van der Waals surface area contributed by atoms with E-state index < -0.39 is 0 Å². The molecule has 48 valence electrons. The molecule has 0 aromatic rings. The van der Waals surface area contributed by atoms with Gasteiger partial charge >= 0.3 is 0 Å². The Bertz CT molecular complexity index is 59.4. The smallest absolute Gasteiger partial charge is 0.123 e. The zero-order valence-electron chi connectivity index (χ0n) is 5.68. The Balaban J connectivity index is 3.21. The summed E-state index contributed by atoms with van der Waals surface area (Å²) in [6, 6.07) is 0. The van der Waals surface area contributed by atoms with E-state index in [9.17, 15) is 4.79 Å². The summed E-state index contributed by atoms with van der Waals surface area (Å²) in [4.78, 5) is 10.1. The van der Waals surface area contributed by atoms with Crippen LogP contribution in [0.25, 0.3) is 0 Å². The minimum Gasteiger partial charge on any atom is -0.303 e. The van der Waals surface area contributed by atoms with Gasteiger partial charge in [0, 0.05) is 5.92 Å². The van der Waals surface area contributed by atoms with Crippen molar-refractivity contribution in [1.82, 2.24) is 0 Å². The van der Waals surface area contributed by atoms with Gasteiger partial charge in [-0.05, 0) is 12.8 Å². The van der Waals surface area contributed by atoms with Crippen LogP contribution in [0.5, 0.6) is 0 Å². The van der Waals surface area contributed by atoms with Crippen molar-refractivity contribution in [2.45, 2.75) is 33.1 Å². The van der Waals surface area contributed by atoms with E-state index in [2.05, 4.69) is 13.8 Å². The summed E-state index contributed by atoms with van der Waals surface area (Å²) in [5.74, 6) is 0.319. The highest BCUT2D eigenvalue weighted by Crippen LogP contribution is 2.05. The first-order valence-corrected chi connectivity index (χ1v) is 3.30. The zero-order valence-corrected chi connectivity index (χ0v) is 5.68. The molecule has 0 aliphatic heterocycles. The average molecular weight is 114 g/mol. The summed E-state index contributed by atoms with van der Waals surface area (Å²) < 4.78 is 0. The Morgan fingerprint density at radius 1 is 1.50 bits per heavy atom. The number of carbonyl (C=O) groups is 1. The van der Waals surface area contributed by atoms with Crippen LogP contribution in [0.1, 0.15) is 33.1 Å². The fraction of sp³-hybridized carbons (Fsp3) is 0.857. The molecule has 0 bridgehead atoms. The van der Waals surface area contributed by atoms with E-state index in [1.165, 1.54) is 0 Å². The molecule has 0 aromatic heterocycles. The Morgan fingerprint density at radius 3 is 2.25 bits per heavy atom. The quantitative estimate of drug-likeness (QED) is 0.511. The lowest BCUT2D eigenvalue weighted by Gasteiger charge is -2.01. The highest BCUT2D eigenvalue weighted by Gasteiger charge is 1.99. The van der Waals surface area contributed by atoms with Crippen LogP contribution in [-0.2, 0) is 4.79 Å². The second-order valence-corrected chi connectivity index (χ2v) is 2.09. The van der Waals surface area contributed by atoms with Gasteiger partial charge in [-0.2, -0.15) is 0 Å². The number of carbonyl (C=O) groups excluding carboxylic acids is 1. The van der Waals surface area contributed by atoms with E-state index in [4.69, 9.17) is 0 Å². The average Bonchev–Trinajstić information content (AvgIpc) is 1.83. The predicted molar refractivity (Wildman–Crippen MR) is 34.8 cm³/mol. The molecule has 1 atom stereocenters. The van der Waals surface area contributed by atoms with Crippen molar-refractivity contribution in [1.29, 1.82) is 0 Å². The fourth-order valence-corrected chi connectivity index (χ4v) is 0.739. The Hall–Kier alpha value is -0.330. The maximum atomic E-state index is 10.1. The number of hydrogen-bond acceptors (Lipinski definition) is 1. The number of rotatable bonds is 4. The third-order valence-corrected chi connectivity index (χ3v) is 1.38. The lowest BCUT2D eigenvalue weighted by molar-refractivity contribution is -0.111. The van der Waals surface area contributed by atoms with Crippen molar-refractivity contribution >= 4 is 6.29 Å². The van der Waals surface area contributed by atoms with Crippen molar-refractivity contribution in [2.24, 2.45) is 5.92 Å². The van der Waals surface area contributed by atoms with Gasteiger partial charge in [0.15, 0.2) is 0 Å². The third-order valence-electron chi connectivity index (χ3n) is 1.38. The van der Waals surface area contributed by atoms with Gasteiger partial charge in [-0.15, -0.1) is 0 Å². The fourth-order valence-electron chi connectivity index (χ4n) is 0.739. The molecule has 0 aromatic carbocycles. The molecule has 0 N–H and O–H groups in total. The molecule has 0 aliphatic rings. The summed E-state index contributed by atoms with van der Waals surface area (Å²) in [5.41, 5.74) is 0. The lowest BCUT2D eigenvalue weighted by atomic mass is 10.0. The zero-order chi connectivity index (χ0) is 6.41. The van der Waals surface area contributed by atoms with E-state index in [-0.39, 0.29) is 0 Å². The maximum Gasteiger partial charge on any atom is 0.123 e. The normalized spacial score (nSPS) is 13.2. The van der Waals surface area contributed by atoms with Gasteiger partial charge in [0.1, 0.15) is 6.29 Å². The first kappa shape index (κ1) is 7.67. The van der Waals surface area contributed by atoms with E-state index in [1.807, 2.05) is 0 Å². The minimum absolute atomic E-state index is 0.319. The van der Waals surface area contributed by atoms with Crippen molar-refractivity contribution in [3.63, 3.8) is 0 Å². The molecule has 1 heteroatoms. The number of hydrogen-bond donors (Lipinski definition) is 0. The molecule has 0 saturated carbocycles. The van der Waals surface area contributed by atoms with Gasteiger partial charge in [0.2, 0.25) is 0 Å². The van der Waals surface area contributed by atoms with Crippen molar-refractivity contribution < 1.29 is 4.79 Å². The second kappa shape index (κ2) is 4.82. The topological polar surface area (TPSA) is 17.1 Å². The van der Waals surface area contributed by atoms with Gasteiger partial charge in [-0.25, -0.2) is 0 Å². The second-order valence-electron chi connectivity index (χ2n) is 2.09. The van der Waals surface area contributed by atoms with Crippen LogP contribution in [0.3, 0.4) is 0 Å². The minimum atomic E-state index is 0.319. The van der Waals surface area contributed by atoms with Gasteiger partial charge in [-0.3, -0.25) is 0 Å². The van der Waals surface area contributed by atoms with Crippen LogP contribution >= 0.6 is 0 Å². The summed E-state index contributed by atoms with van der Waals surface area (Å²) in [7, 11) is 0. The molecular weight excluding hydrogens is 100 g/mol. The highest BCUT2D eigenvalue weighted by atomic mass is 16.1. The lowest BCUT2D eigenvalue weighted by Crippen LogP contribution is -1.97. The Morgan fingerprint density at radius 2 is 2.12 bits per heavy atom. The Kier molecular flexibility index (Phi) is 4.62. The molecule has 0 saturated heterocycles. The molecule has 0 rings (SSSR count). The number of aldehydes is 1. The van der Waals surface area contributed by atoms with Gasteiger partial charge in [0.25, 0.3) is 0 Å². The predicted octanol–water partition coefficient (Wildman–Crippen LogP) is 2.01. The maximum absolute atomic E-state index is 10.1. The van der Waals surface area contributed by atoms with Crippen LogP contribution in [0.15, 0.2) is 0 Å². The van der Waals surface area contributed by atoms with Crippen LogP contribution in [0.4, 0.5) is 0 Å². The van der Waals surface area contributed by atoms with E-state index in [0.29, 0.717) is 5.92 Å². The van der Waals surface area contributed by atoms with Crippen LogP contribution < -0.4 is 0 Å². The van der Waals surface area contributed by atoms with Gasteiger partial charge in [0.05, 0.1) is 0 Å². The molecular formula is C7H14O. The molecule has 0 heterocycles. The summed E-state index contributed by atoms with van der Waals surface area (Å²) in [5, 5.41) is 0. The first-order valence-electron chi connectivity index (χ1n) is 3.30. The van der Waals surface area contributed by atoms with Crippen molar-refractivity contribution in [3.05, 3.63) is 0 Å². The molecule has 0 amide bonds. The van der Waals surface area contributed by atoms with Crippen LogP contribution in [0, 0.1) is 5.92 Å². The SMILES string of the molecule is CCC[C@H](C=O)CC. The molecule has 0 spiro atoms. The summed E-state index contributed by atoms with van der Waals surface area (Å²) in [6.07, 6.45) is 4.23. The van der Waals surface area contributed by atoms with E-state index in [0.717, 1.165) is 25.5 Å². The van der Waals surface area contributed by atoms with Crippen LogP contribution in [0.2, 0.25) is 0 Å². The first-order chi connectivity index (χ1) is 3.85. The molecule has 0 fully saturated rings. The molecule has 0 aliphatic carbocycles. The third kappa shape index (κ3) is 2.78. The molecule has 0 radical (unpaired) electrons. The van der Waals surface area contributed by atoms with Crippen molar-refractivity contribution in [3.8, 4) is 0 Å². The summed E-state index contributed by atoms with van der Waals surface area (Å²) in [6.45, 7) is 4.15. The molecule has 8 heavy (non-hydrogen) atoms.